The van der Waals surface area contributed by atoms with Gasteiger partial charge < -0.3 is 10.1 Å². The summed E-state index contributed by atoms with van der Waals surface area (Å²) in [6.45, 7) is 10.5. The van der Waals surface area contributed by atoms with E-state index in [9.17, 15) is 4.79 Å². The summed E-state index contributed by atoms with van der Waals surface area (Å²) in [6.07, 6.45) is 1.12. The van der Waals surface area contributed by atoms with Crippen LogP contribution in [-0.4, -0.2) is 61.6 Å². The number of amides is 1. The third-order valence-electron chi connectivity index (χ3n) is 6.12. The molecule has 4 rings (SSSR count). The second-order valence-corrected chi connectivity index (χ2v) is 8.65. The summed E-state index contributed by atoms with van der Waals surface area (Å²) in [7, 11) is 0. The average Bonchev–Trinajstić information content (AvgIpc) is 2.78. The highest BCUT2D eigenvalue weighted by atomic mass is 16.5. The van der Waals surface area contributed by atoms with E-state index >= 15 is 0 Å². The van der Waals surface area contributed by atoms with E-state index in [4.69, 9.17) is 4.74 Å². The van der Waals surface area contributed by atoms with Crippen LogP contribution in [0.15, 0.2) is 48.5 Å². The molecule has 1 atom stereocenters. The van der Waals surface area contributed by atoms with Crippen molar-refractivity contribution in [3.05, 3.63) is 70.8 Å². The number of nitrogens with one attached hydrogen (secondary N) is 1. The molecule has 0 aliphatic carbocycles. The van der Waals surface area contributed by atoms with Gasteiger partial charge >= 0.3 is 0 Å². The maximum Gasteiger partial charge on any atom is 0.251 e. The SMILES string of the molecule is C[C@H](CNC(=O)c1ccc(CN2CCOCC2)cc1)CN1CCc2ccccc2C1. The number of hydrogen-bond acceptors (Lipinski definition) is 4. The van der Waals surface area contributed by atoms with Gasteiger partial charge in [0, 0.05) is 51.4 Å². The van der Waals surface area contributed by atoms with Crippen molar-refractivity contribution < 1.29 is 9.53 Å². The molecule has 2 aromatic carbocycles. The van der Waals surface area contributed by atoms with Crippen molar-refractivity contribution >= 4 is 5.91 Å². The Morgan fingerprint density at radius 3 is 2.50 bits per heavy atom. The normalized spacial score (nSPS) is 18.6. The maximum absolute atomic E-state index is 12.6. The highest BCUT2D eigenvalue weighted by Crippen LogP contribution is 2.19. The van der Waals surface area contributed by atoms with Crippen LogP contribution in [0.5, 0.6) is 0 Å². The summed E-state index contributed by atoms with van der Waals surface area (Å²) in [6, 6.07) is 16.7. The zero-order chi connectivity index (χ0) is 20.8. The Hall–Kier alpha value is -2.21. The number of ether oxygens (including phenoxy) is 1. The number of nitrogens with zero attached hydrogens (tertiary/aromatic N) is 2. The van der Waals surface area contributed by atoms with Gasteiger partial charge in [0.05, 0.1) is 13.2 Å². The van der Waals surface area contributed by atoms with E-state index in [1.54, 1.807) is 0 Å². The molecule has 2 aromatic rings. The molecule has 30 heavy (non-hydrogen) atoms. The summed E-state index contributed by atoms with van der Waals surface area (Å²) in [4.78, 5) is 17.4. The van der Waals surface area contributed by atoms with Crippen LogP contribution in [0.2, 0.25) is 0 Å². The van der Waals surface area contributed by atoms with Gasteiger partial charge in [-0.2, -0.15) is 0 Å². The van der Waals surface area contributed by atoms with Crippen molar-refractivity contribution in [3.63, 3.8) is 0 Å². The van der Waals surface area contributed by atoms with Crippen LogP contribution in [0, 0.1) is 5.92 Å². The van der Waals surface area contributed by atoms with Gasteiger partial charge in [0.25, 0.3) is 5.91 Å². The first-order valence-corrected chi connectivity index (χ1v) is 11.1. The Labute approximate surface area is 180 Å². The Balaban J connectivity index is 1.21. The van der Waals surface area contributed by atoms with Crippen LogP contribution in [0.1, 0.15) is 34.0 Å². The molecule has 2 heterocycles. The third kappa shape index (κ3) is 5.69. The highest BCUT2D eigenvalue weighted by molar-refractivity contribution is 5.94. The lowest BCUT2D eigenvalue weighted by Crippen LogP contribution is -2.38. The summed E-state index contributed by atoms with van der Waals surface area (Å²) in [5.41, 5.74) is 4.90. The molecule has 2 aliphatic heterocycles. The first-order chi connectivity index (χ1) is 14.7. The van der Waals surface area contributed by atoms with E-state index < -0.39 is 0 Å². The molecule has 1 amide bonds. The van der Waals surface area contributed by atoms with Gasteiger partial charge in [-0.05, 0) is 41.2 Å². The Bertz CT molecular complexity index is 831. The van der Waals surface area contributed by atoms with Crippen LogP contribution >= 0.6 is 0 Å². The molecular weight excluding hydrogens is 374 g/mol. The predicted molar refractivity (Wildman–Crippen MR) is 119 cm³/mol. The molecule has 0 spiro atoms. The molecule has 1 fully saturated rings. The quantitative estimate of drug-likeness (QED) is 0.767. The van der Waals surface area contributed by atoms with Gasteiger partial charge in [-0.25, -0.2) is 0 Å². The van der Waals surface area contributed by atoms with Crippen molar-refractivity contribution in [1.29, 1.82) is 0 Å². The van der Waals surface area contributed by atoms with E-state index in [1.807, 2.05) is 12.1 Å². The summed E-state index contributed by atoms with van der Waals surface area (Å²) in [5, 5.41) is 3.12. The molecule has 0 bridgehead atoms. The molecular formula is C25H33N3O2. The first-order valence-electron chi connectivity index (χ1n) is 11.1. The average molecular weight is 408 g/mol. The standard InChI is InChI=1S/C25H33N3O2/c1-20(17-28-11-10-22-4-2-3-5-24(22)19-28)16-26-25(29)23-8-6-21(7-9-23)18-27-12-14-30-15-13-27/h2-9,20H,10-19H2,1H3,(H,26,29)/t20-/m1/s1. The van der Waals surface area contributed by atoms with E-state index in [2.05, 4.69) is 58.4 Å². The van der Waals surface area contributed by atoms with Crippen LogP contribution in [0.3, 0.4) is 0 Å². The van der Waals surface area contributed by atoms with Gasteiger partial charge in [0.2, 0.25) is 0 Å². The minimum absolute atomic E-state index is 0.0174. The van der Waals surface area contributed by atoms with Crippen LogP contribution < -0.4 is 5.32 Å². The van der Waals surface area contributed by atoms with Crippen molar-refractivity contribution in [2.75, 3.05) is 45.9 Å². The fourth-order valence-corrected chi connectivity index (χ4v) is 4.36. The number of benzene rings is 2. The minimum Gasteiger partial charge on any atom is -0.379 e. The number of rotatable bonds is 7. The fourth-order valence-electron chi connectivity index (χ4n) is 4.36. The second kappa shape index (κ2) is 10.2. The number of hydrogen-bond donors (Lipinski definition) is 1. The second-order valence-electron chi connectivity index (χ2n) is 8.65. The van der Waals surface area contributed by atoms with Crippen molar-refractivity contribution in [3.8, 4) is 0 Å². The van der Waals surface area contributed by atoms with Crippen LogP contribution in [-0.2, 0) is 24.2 Å². The molecule has 1 saturated heterocycles. The van der Waals surface area contributed by atoms with Crippen molar-refractivity contribution in [2.24, 2.45) is 5.92 Å². The third-order valence-corrected chi connectivity index (χ3v) is 6.12. The molecule has 0 radical (unpaired) electrons. The van der Waals surface area contributed by atoms with Crippen LogP contribution in [0.25, 0.3) is 0 Å². The van der Waals surface area contributed by atoms with E-state index in [0.717, 1.165) is 64.5 Å². The fraction of sp³-hybridized carbons (Fsp3) is 0.480. The monoisotopic (exact) mass is 407 g/mol. The topological polar surface area (TPSA) is 44.8 Å². The number of carbonyl (C=O) groups excluding carboxylic acids is 1. The molecule has 160 valence electrons. The number of carbonyl (C=O) groups is 1. The molecule has 0 saturated carbocycles. The zero-order valence-electron chi connectivity index (χ0n) is 18.0. The van der Waals surface area contributed by atoms with Gasteiger partial charge in [-0.1, -0.05) is 43.3 Å². The van der Waals surface area contributed by atoms with Crippen molar-refractivity contribution in [2.45, 2.75) is 26.4 Å². The lowest BCUT2D eigenvalue weighted by Gasteiger charge is -2.30. The molecule has 5 heteroatoms. The number of morpholine rings is 1. The first kappa shape index (κ1) is 21.0. The minimum atomic E-state index is 0.0174. The van der Waals surface area contributed by atoms with E-state index in [1.165, 1.54) is 16.7 Å². The Morgan fingerprint density at radius 2 is 1.73 bits per heavy atom. The number of fused-ring (bicyclic) bond motifs is 1. The van der Waals surface area contributed by atoms with E-state index in [-0.39, 0.29) is 5.91 Å². The Kier molecular flexibility index (Phi) is 7.16. The molecule has 1 N–H and O–H groups in total. The Morgan fingerprint density at radius 1 is 1.00 bits per heavy atom. The smallest absolute Gasteiger partial charge is 0.251 e. The predicted octanol–water partition coefficient (Wildman–Crippen LogP) is 2.94. The molecule has 2 aliphatic rings. The molecule has 0 aromatic heterocycles. The lowest BCUT2D eigenvalue weighted by molar-refractivity contribution is 0.0342. The summed E-state index contributed by atoms with van der Waals surface area (Å²) in [5.74, 6) is 0.434. The highest BCUT2D eigenvalue weighted by Gasteiger charge is 2.18. The maximum atomic E-state index is 12.6. The van der Waals surface area contributed by atoms with Gasteiger partial charge in [0.15, 0.2) is 0 Å². The zero-order valence-corrected chi connectivity index (χ0v) is 18.0. The summed E-state index contributed by atoms with van der Waals surface area (Å²) < 4.78 is 5.40. The lowest BCUT2D eigenvalue weighted by atomic mass is 9.99. The van der Waals surface area contributed by atoms with E-state index in [0.29, 0.717) is 12.5 Å². The molecule has 5 nitrogen and oxygen atoms in total. The molecule has 0 unspecified atom stereocenters. The van der Waals surface area contributed by atoms with Gasteiger partial charge in [-0.15, -0.1) is 0 Å². The van der Waals surface area contributed by atoms with Crippen LogP contribution in [0.4, 0.5) is 0 Å². The van der Waals surface area contributed by atoms with Crippen molar-refractivity contribution in [1.82, 2.24) is 15.1 Å². The summed E-state index contributed by atoms with van der Waals surface area (Å²) >= 11 is 0. The largest absolute Gasteiger partial charge is 0.379 e. The van der Waals surface area contributed by atoms with Gasteiger partial charge in [0.1, 0.15) is 0 Å². The van der Waals surface area contributed by atoms with Gasteiger partial charge in [-0.3, -0.25) is 14.6 Å².